The molecule has 1 aromatic carbocycles. The molecule has 3 aromatic rings. The van der Waals surface area contributed by atoms with Crippen molar-refractivity contribution in [3.8, 4) is 5.69 Å². The summed E-state index contributed by atoms with van der Waals surface area (Å²) in [6.07, 6.45) is 2.91. The SMILES string of the molecule is O=C(Nc1cc(Cl)ccn1)c1cnn(-c2ccccc2)n1. The molecule has 21 heavy (non-hydrogen) atoms. The number of amides is 1. The Hall–Kier alpha value is -2.73. The largest absolute Gasteiger partial charge is 0.305 e. The maximum absolute atomic E-state index is 12.1. The molecule has 0 aliphatic heterocycles. The van der Waals surface area contributed by atoms with Gasteiger partial charge in [-0.2, -0.15) is 9.90 Å². The van der Waals surface area contributed by atoms with Gasteiger partial charge in [-0.05, 0) is 24.3 Å². The highest BCUT2D eigenvalue weighted by atomic mass is 35.5. The molecule has 0 fully saturated rings. The van der Waals surface area contributed by atoms with Crippen LogP contribution < -0.4 is 5.32 Å². The first-order chi connectivity index (χ1) is 10.2. The Morgan fingerprint density at radius 1 is 1.19 bits per heavy atom. The summed E-state index contributed by atoms with van der Waals surface area (Å²) in [6.45, 7) is 0. The van der Waals surface area contributed by atoms with Gasteiger partial charge in [-0.15, -0.1) is 5.10 Å². The zero-order chi connectivity index (χ0) is 14.7. The van der Waals surface area contributed by atoms with Crippen LogP contribution in [0.4, 0.5) is 5.82 Å². The molecular formula is C14H10ClN5O. The van der Waals surface area contributed by atoms with E-state index in [2.05, 4.69) is 20.5 Å². The molecule has 0 saturated carbocycles. The van der Waals surface area contributed by atoms with Gasteiger partial charge >= 0.3 is 0 Å². The molecule has 104 valence electrons. The number of aromatic nitrogens is 4. The lowest BCUT2D eigenvalue weighted by Gasteiger charge is -2.01. The Morgan fingerprint density at radius 3 is 2.76 bits per heavy atom. The van der Waals surface area contributed by atoms with Crippen LogP contribution in [0.3, 0.4) is 0 Å². The minimum absolute atomic E-state index is 0.195. The first kappa shape index (κ1) is 13.3. The Bertz CT molecular complexity index is 772. The van der Waals surface area contributed by atoms with Crippen LogP contribution in [0.1, 0.15) is 10.5 Å². The molecule has 6 nitrogen and oxygen atoms in total. The minimum Gasteiger partial charge on any atom is -0.305 e. The first-order valence-electron chi connectivity index (χ1n) is 6.13. The molecule has 1 amide bonds. The first-order valence-corrected chi connectivity index (χ1v) is 6.51. The summed E-state index contributed by atoms with van der Waals surface area (Å²) in [7, 11) is 0. The Kier molecular flexibility index (Phi) is 3.61. The second kappa shape index (κ2) is 5.72. The number of nitrogens with one attached hydrogen (secondary N) is 1. The minimum atomic E-state index is -0.396. The molecule has 7 heteroatoms. The zero-order valence-corrected chi connectivity index (χ0v) is 11.5. The topological polar surface area (TPSA) is 72.7 Å². The number of hydrogen-bond acceptors (Lipinski definition) is 4. The van der Waals surface area contributed by atoms with E-state index >= 15 is 0 Å². The lowest BCUT2D eigenvalue weighted by Crippen LogP contribution is -2.14. The van der Waals surface area contributed by atoms with Crippen molar-refractivity contribution < 1.29 is 4.79 Å². The highest BCUT2D eigenvalue weighted by molar-refractivity contribution is 6.30. The number of rotatable bonds is 3. The number of anilines is 1. The summed E-state index contributed by atoms with van der Waals surface area (Å²) in [5.74, 6) is -0.0336. The van der Waals surface area contributed by atoms with E-state index in [9.17, 15) is 4.79 Å². The quantitative estimate of drug-likeness (QED) is 0.806. The number of benzene rings is 1. The molecule has 0 aliphatic carbocycles. The molecule has 0 atom stereocenters. The van der Waals surface area contributed by atoms with Crippen LogP contribution >= 0.6 is 11.6 Å². The second-order valence-electron chi connectivity index (χ2n) is 4.17. The van der Waals surface area contributed by atoms with Gasteiger partial charge in [0.15, 0.2) is 5.69 Å². The monoisotopic (exact) mass is 299 g/mol. The molecule has 0 aliphatic rings. The fourth-order valence-corrected chi connectivity index (χ4v) is 1.87. The van der Waals surface area contributed by atoms with Crippen molar-refractivity contribution in [2.24, 2.45) is 0 Å². The van der Waals surface area contributed by atoms with Crippen molar-refractivity contribution in [1.29, 1.82) is 0 Å². The third kappa shape index (κ3) is 3.06. The number of nitrogens with zero attached hydrogens (tertiary/aromatic N) is 4. The molecule has 0 spiro atoms. The predicted octanol–water partition coefficient (Wildman–Crippen LogP) is 2.57. The maximum Gasteiger partial charge on any atom is 0.279 e. The van der Waals surface area contributed by atoms with Gasteiger partial charge in [0.25, 0.3) is 5.91 Å². The number of carbonyl (C=O) groups excluding carboxylic acids is 1. The van der Waals surface area contributed by atoms with Crippen LogP contribution in [0.2, 0.25) is 5.02 Å². The molecular weight excluding hydrogens is 290 g/mol. The smallest absolute Gasteiger partial charge is 0.279 e. The maximum atomic E-state index is 12.1. The van der Waals surface area contributed by atoms with Crippen molar-refractivity contribution in [2.75, 3.05) is 5.32 Å². The van der Waals surface area contributed by atoms with E-state index in [-0.39, 0.29) is 5.69 Å². The Balaban J connectivity index is 1.78. The Labute approximate surface area is 125 Å². The highest BCUT2D eigenvalue weighted by Gasteiger charge is 2.12. The van der Waals surface area contributed by atoms with E-state index in [1.54, 1.807) is 12.1 Å². The van der Waals surface area contributed by atoms with Gasteiger partial charge in [-0.3, -0.25) is 4.79 Å². The van der Waals surface area contributed by atoms with Crippen LogP contribution in [0.25, 0.3) is 5.69 Å². The second-order valence-corrected chi connectivity index (χ2v) is 4.60. The number of halogens is 1. The van der Waals surface area contributed by atoms with Crippen LogP contribution in [0, 0.1) is 0 Å². The van der Waals surface area contributed by atoms with Crippen LogP contribution in [-0.4, -0.2) is 25.9 Å². The van der Waals surface area contributed by atoms with Gasteiger partial charge in [-0.25, -0.2) is 4.98 Å². The summed E-state index contributed by atoms with van der Waals surface area (Å²) in [5.41, 5.74) is 0.970. The fourth-order valence-electron chi connectivity index (χ4n) is 1.71. The van der Waals surface area contributed by atoms with Crippen molar-refractivity contribution in [1.82, 2.24) is 20.0 Å². The van der Waals surface area contributed by atoms with E-state index < -0.39 is 5.91 Å². The van der Waals surface area contributed by atoms with E-state index in [4.69, 9.17) is 11.6 Å². The molecule has 0 radical (unpaired) electrons. The van der Waals surface area contributed by atoms with Gasteiger partial charge in [0.05, 0.1) is 11.9 Å². The normalized spacial score (nSPS) is 10.3. The summed E-state index contributed by atoms with van der Waals surface area (Å²) < 4.78 is 0. The summed E-state index contributed by atoms with van der Waals surface area (Å²) in [6, 6.07) is 12.5. The highest BCUT2D eigenvalue weighted by Crippen LogP contribution is 2.12. The van der Waals surface area contributed by atoms with E-state index in [0.717, 1.165) is 5.69 Å². The lowest BCUT2D eigenvalue weighted by atomic mass is 10.3. The molecule has 0 saturated heterocycles. The fraction of sp³-hybridized carbons (Fsp3) is 0. The van der Waals surface area contributed by atoms with E-state index in [1.807, 2.05) is 30.3 Å². The average Bonchev–Trinajstić information content (AvgIpc) is 2.98. The standard InChI is InChI=1S/C14H10ClN5O/c15-10-6-7-16-13(8-10)18-14(21)12-9-17-20(19-12)11-4-2-1-3-5-11/h1-9H,(H,16,18,21). The van der Waals surface area contributed by atoms with E-state index in [1.165, 1.54) is 17.2 Å². The van der Waals surface area contributed by atoms with Crippen molar-refractivity contribution in [3.63, 3.8) is 0 Å². The van der Waals surface area contributed by atoms with E-state index in [0.29, 0.717) is 10.8 Å². The van der Waals surface area contributed by atoms with Crippen LogP contribution in [0.15, 0.2) is 54.9 Å². The number of pyridine rings is 1. The van der Waals surface area contributed by atoms with Crippen molar-refractivity contribution >= 4 is 23.3 Å². The summed E-state index contributed by atoms with van der Waals surface area (Å²) in [5, 5.41) is 11.3. The predicted molar refractivity (Wildman–Crippen MR) is 78.6 cm³/mol. The van der Waals surface area contributed by atoms with Crippen molar-refractivity contribution in [3.05, 3.63) is 65.6 Å². The third-order valence-electron chi connectivity index (χ3n) is 2.68. The molecule has 3 rings (SSSR count). The van der Waals surface area contributed by atoms with Gasteiger partial charge in [-0.1, -0.05) is 29.8 Å². The van der Waals surface area contributed by atoms with Gasteiger partial charge in [0.2, 0.25) is 0 Å². The van der Waals surface area contributed by atoms with Gasteiger partial charge in [0.1, 0.15) is 5.82 Å². The summed E-state index contributed by atoms with van der Waals surface area (Å²) >= 11 is 5.84. The molecule has 0 bridgehead atoms. The summed E-state index contributed by atoms with van der Waals surface area (Å²) in [4.78, 5) is 17.4. The van der Waals surface area contributed by atoms with Gasteiger partial charge < -0.3 is 5.32 Å². The average molecular weight is 300 g/mol. The number of hydrogen-bond donors (Lipinski definition) is 1. The van der Waals surface area contributed by atoms with Crippen molar-refractivity contribution in [2.45, 2.75) is 0 Å². The molecule has 1 N–H and O–H groups in total. The van der Waals surface area contributed by atoms with Crippen LogP contribution in [0.5, 0.6) is 0 Å². The zero-order valence-electron chi connectivity index (χ0n) is 10.8. The molecule has 0 unspecified atom stereocenters. The Morgan fingerprint density at radius 2 is 2.00 bits per heavy atom. The molecule has 2 aromatic heterocycles. The van der Waals surface area contributed by atoms with Gasteiger partial charge in [0, 0.05) is 11.2 Å². The number of para-hydroxylation sites is 1. The lowest BCUT2D eigenvalue weighted by molar-refractivity contribution is 0.102. The van der Waals surface area contributed by atoms with Crippen LogP contribution in [-0.2, 0) is 0 Å². The third-order valence-corrected chi connectivity index (χ3v) is 2.91. The molecule has 2 heterocycles. The number of carbonyl (C=O) groups is 1.